The second kappa shape index (κ2) is 7.75. The molecule has 3 aromatic rings. The number of alkyl halides is 3. The highest BCUT2D eigenvalue weighted by atomic mass is 35.5. The van der Waals surface area contributed by atoms with Crippen molar-refractivity contribution in [2.24, 2.45) is 0 Å². The van der Waals surface area contributed by atoms with Gasteiger partial charge in [0.1, 0.15) is 5.75 Å². The van der Waals surface area contributed by atoms with Crippen LogP contribution in [0, 0.1) is 0 Å². The molecule has 0 saturated carbocycles. The van der Waals surface area contributed by atoms with E-state index < -0.39 is 11.5 Å². The fourth-order valence-corrected chi connectivity index (χ4v) is 3.04. The number of amides is 1. The van der Waals surface area contributed by atoms with Crippen molar-refractivity contribution in [1.82, 2.24) is 9.55 Å². The number of benzene rings is 1. The summed E-state index contributed by atoms with van der Waals surface area (Å²) in [7, 11) is 0. The lowest BCUT2D eigenvalue weighted by molar-refractivity contribution is -0.0964. The molecule has 1 N–H and O–H groups in total. The first-order chi connectivity index (χ1) is 14.3. The van der Waals surface area contributed by atoms with E-state index in [0.717, 1.165) is 5.56 Å². The van der Waals surface area contributed by atoms with Crippen molar-refractivity contribution in [3.63, 3.8) is 0 Å². The third-order valence-electron chi connectivity index (χ3n) is 4.32. The van der Waals surface area contributed by atoms with Crippen molar-refractivity contribution in [2.45, 2.75) is 12.0 Å². The van der Waals surface area contributed by atoms with E-state index in [0.29, 0.717) is 30.3 Å². The minimum Gasteiger partial charge on any atom is -0.477 e. The lowest BCUT2D eigenvalue weighted by atomic mass is 10.2. The quantitative estimate of drug-likeness (QED) is 0.622. The molecule has 10 heteroatoms. The van der Waals surface area contributed by atoms with Gasteiger partial charge in [0.25, 0.3) is 11.5 Å². The van der Waals surface area contributed by atoms with Crippen LogP contribution < -0.4 is 20.3 Å². The number of hydrogen-bond donors (Lipinski definition) is 1. The molecule has 0 aliphatic carbocycles. The summed E-state index contributed by atoms with van der Waals surface area (Å²) in [5.74, 6) is -0.104. The van der Waals surface area contributed by atoms with Crippen LogP contribution in [-0.4, -0.2) is 27.6 Å². The molecule has 7 nitrogen and oxygen atoms in total. The van der Waals surface area contributed by atoms with E-state index in [2.05, 4.69) is 15.0 Å². The van der Waals surface area contributed by atoms with Gasteiger partial charge in [-0.3, -0.25) is 14.2 Å². The maximum atomic E-state index is 12.7. The van der Waals surface area contributed by atoms with Gasteiger partial charge >= 0.3 is 5.57 Å². The topological polar surface area (TPSA) is 82.5 Å². The number of aromatic nitrogens is 2. The lowest BCUT2D eigenvalue weighted by Gasteiger charge is -2.12. The number of ether oxygens (including phenoxy) is 2. The lowest BCUT2D eigenvalue weighted by Crippen LogP contribution is -2.21. The first-order valence-corrected chi connectivity index (χ1v) is 9.18. The zero-order valence-corrected chi connectivity index (χ0v) is 16.0. The molecule has 3 heterocycles. The van der Waals surface area contributed by atoms with Gasteiger partial charge in [0.2, 0.25) is 5.88 Å². The number of pyridine rings is 2. The van der Waals surface area contributed by atoms with Crippen LogP contribution in [-0.2, 0) is 6.42 Å². The third-order valence-corrected chi connectivity index (χ3v) is 4.40. The highest BCUT2D eigenvalue weighted by Crippen LogP contribution is 2.26. The van der Waals surface area contributed by atoms with Gasteiger partial charge in [0.15, 0.2) is 0 Å². The number of nitrogens with zero attached hydrogens (tertiary/aromatic N) is 2. The summed E-state index contributed by atoms with van der Waals surface area (Å²) in [6.45, 7) is 0.537. The van der Waals surface area contributed by atoms with Crippen LogP contribution in [0.5, 0.6) is 11.6 Å². The molecule has 1 aliphatic heterocycles. The van der Waals surface area contributed by atoms with Gasteiger partial charge < -0.3 is 14.8 Å². The van der Waals surface area contributed by atoms with E-state index in [1.165, 1.54) is 53.4 Å². The van der Waals surface area contributed by atoms with Crippen LogP contribution in [0.2, 0.25) is 0 Å². The summed E-state index contributed by atoms with van der Waals surface area (Å²) in [5.41, 5.74) is -2.17. The summed E-state index contributed by atoms with van der Waals surface area (Å²) in [4.78, 5) is 29.1. The molecular formula is C20H14ClF2N3O4. The SMILES string of the molecule is O=C(Nc1ccc(OC(F)(F)Cl)cc1)c1ccc(=O)n(-c2cnc3c(c2)CCO3)c1. The monoisotopic (exact) mass is 433 g/mol. The predicted octanol–water partition coefficient (Wildman–Crippen LogP) is 3.59. The molecule has 4 rings (SSSR count). The molecule has 0 radical (unpaired) electrons. The number of anilines is 1. The molecule has 1 amide bonds. The zero-order chi connectivity index (χ0) is 21.3. The largest absolute Gasteiger partial charge is 0.487 e. The molecule has 1 aliphatic rings. The Bertz CT molecular complexity index is 1160. The molecular weight excluding hydrogens is 420 g/mol. The molecule has 30 heavy (non-hydrogen) atoms. The second-order valence-electron chi connectivity index (χ2n) is 6.41. The number of hydrogen-bond acceptors (Lipinski definition) is 5. The molecule has 0 spiro atoms. The van der Waals surface area contributed by atoms with E-state index >= 15 is 0 Å². The van der Waals surface area contributed by atoms with Crippen molar-refractivity contribution in [1.29, 1.82) is 0 Å². The van der Waals surface area contributed by atoms with Gasteiger partial charge in [-0.15, -0.1) is 8.78 Å². The minimum atomic E-state index is -3.82. The van der Waals surface area contributed by atoms with Gasteiger partial charge in [-0.25, -0.2) is 4.98 Å². The van der Waals surface area contributed by atoms with E-state index in [4.69, 9.17) is 16.3 Å². The molecule has 0 atom stereocenters. The summed E-state index contributed by atoms with van der Waals surface area (Å²) >= 11 is 4.72. The smallest absolute Gasteiger partial charge is 0.477 e. The number of carbonyl (C=O) groups excluding carboxylic acids is 1. The summed E-state index contributed by atoms with van der Waals surface area (Å²) in [6, 6.07) is 9.72. The van der Waals surface area contributed by atoms with Gasteiger partial charge in [-0.2, -0.15) is 0 Å². The van der Waals surface area contributed by atoms with E-state index in [1.807, 2.05) is 0 Å². The Labute approximate surface area is 173 Å². The predicted molar refractivity (Wildman–Crippen MR) is 105 cm³/mol. The Hall–Kier alpha value is -3.46. The number of carbonyl (C=O) groups is 1. The minimum absolute atomic E-state index is 0.158. The maximum absolute atomic E-state index is 12.7. The van der Waals surface area contributed by atoms with Crippen LogP contribution in [0.1, 0.15) is 15.9 Å². The van der Waals surface area contributed by atoms with Crippen molar-refractivity contribution < 1.29 is 23.0 Å². The molecule has 0 unspecified atom stereocenters. The summed E-state index contributed by atoms with van der Waals surface area (Å²) < 4.78 is 36.2. The Morgan fingerprint density at radius 1 is 1.23 bits per heavy atom. The summed E-state index contributed by atoms with van der Waals surface area (Å²) in [5, 5.41) is 2.62. The summed E-state index contributed by atoms with van der Waals surface area (Å²) in [6.07, 6.45) is 3.60. The third kappa shape index (κ3) is 4.41. The van der Waals surface area contributed by atoms with Crippen LogP contribution in [0.3, 0.4) is 0 Å². The van der Waals surface area contributed by atoms with Gasteiger partial charge in [-0.1, -0.05) is 0 Å². The maximum Gasteiger partial charge on any atom is 0.487 e. The highest BCUT2D eigenvalue weighted by molar-refractivity contribution is 6.20. The fourth-order valence-electron chi connectivity index (χ4n) is 2.95. The van der Waals surface area contributed by atoms with Crippen molar-refractivity contribution in [3.05, 3.63) is 76.3 Å². The average Bonchev–Trinajstić information content (AvgIpc) is 3.16. The number of halogens is 3. The van der Waals surface area contributed by atoms with Gasteiger partial charge in [-0.05, 0) is 36.4 Å². The van der Waals surface area contributed by atoms with Gasteiger partial charge in [0, 0.05) is 41.5 Å². The first kappa shape index (κ1) is 19.8. The molecule has 154 valence electrons. The Morgan fingerprint density at radius 2 is 2.00 bits per heavy atom. The Kier molecular flexibility index (Phi) is 5.13. The van der Waals surface area contributed by atoms with E-state index in [-0.39, 0.29) is 16.9 Å². The molecule has 1 aromatic carbocycles. The Morgan fingerprint density at radius 3 is 2.73 bits per heavy atom. The zero-order valence-electron chi connectivity index (χ0n) is 15.3. The normalized spacial score (nSPS) is 12.8. The van der Waals surface area contributed by atoms with Crippen molar-refractivity contribution in [2.75, 3.05) is 11.9 Å². The highest BCUT2D eigenvalue weighted by Gasteiger charge is 2.27. The molecule has 0 bridgehead atoms. The molecule has 2 aromatic heterocycles. The van der Waals surface area contributed by atoms with Crippen molar-refractivity contribution >= 4 is 23.2 Å². The second-order valence-corrected chi connectivity index (χ2v) is 6.85. The van der Waals surface area contributed by atoms with Crippen LogP contribution in [0.25, 0.3) is 5.69 Å². The van der Waals surface area contributed by atoms with Crippen molar-refractivity contribution in [3.8, 4) is 17.3 Å². The van der Waals surface area contributed by atoms with Crippen LogP contribution >= 0.6 is 11.6 Å². The van der Waals surface area contributed by atoms with E-state index in [9.17, 15) is 18.4 Å². The number of nitrogens with one attached hydrogen (secondary N) is 1. The standard InChI is InChI=1S/C20H14ClF2N3O4/c21-20(22,23)30-16-4-2-14(3-5-16)25-18(28)13-1-6-17(27)26(11-13)15-9-12-7-8-29-19(12)24-10-15/h1-6,9-11H,7-8H2,(H,25,28). The van der Waals surface area contributed by atoms with Gasteiger partial charge in [0.05, 0.1) is 24.1 Å². The average molecular weight is 434 g/mol. The number of fused-ring (bicyclic) bond motifs is 1. The first-order valence-electron chi connectivity index (χ1n) is 8.80. The molecule has 0 fully saturated rings. The van der Waals surface area contributed by atoms with Crippen LogP contribution in [0.15, 0.2) is 59.7 Å². The number of rotatable bonds is 5. The fraction of sp³-hybridized carbons (Fsp3) is 0.150. The van der Waals surface area contributed by atoms with Crippen LogP contribution in [0.4, 0.5) is 14.5 Å². The van der Waals surface area contributed by atoms with E-state index in [1.54, 1.807) is 6.07 Å². The molecule has 0 saturated heterocycles. The Balaban J connectivity index is 1.54.